The van der Waals surface area contributed by atoms with Gasteiger partial charge in [-0.3, -0.25) is 9.69 Å². The second-order valence-corrected chi connectivity index (χ2v) is 6.32. The van der Waals surface area contributed by atoms with E-state index in [9.17, 15) is 4.79 Å². The maximum Gasteiger partial charge on any atom is 0.266 e. The number of thiocarbonyl (C=S) groups is 1. The first-order valence-corrected chi connectivity index (χ1v) is 7.00. The molecule has 0 aromatic carbocycles. The maximum atomic E-state index is 12.0. The molecule has 2 rings (SSSR count). The molecule has 0 saturated carbocycles. The summed E-state index contributed by atoms with van der Waals surface area (Å²) in [6, 6.07) is 4.09. The predicted octanol–water partition coefficient (Wildman–Crippen LogP) is 3.36. The van der Waals surface area contributed by atoms with Crippen molar-refractivity contribution in [1.82, 2.24) is 4.90 Å². The van der Waals surface area contributed by atoms with Crippen molar-refractivity contribution in [3.05, 3.63) is 27.3 Å². The minimum absolute atomic E-state index is 0.0263. The highest BCUT2D eigenvalue weighted by Gasteiger charge is 2.33. The van der Waals surface area contributed by atoms with Crippen LogP contribution in [0, 0.1) is 0 Å². The number of rotatable bonds is 2. The van der Waals surface area contributed by atoms with Crippen molar-refractivity contribution < 1.29 is 4.79 Å². The number of amides is 1. The topological polar surface area (TPSA) is 20.3 Å². The van der Waals surface area contributed by atoms with E-state index in [0.717, 1.165) is 9.78 Å². The van der Waals surface area contributed by atoms with Crippen molar-refractivity contribution in [2.45, 2.75) is 19.9 Å². The van der Waals surface area contributed by atoms with Crippen LogP contribution >= 0.6 is 35.3 Å². The Hall–Kier alpha value is -0.650. The highest BCUT2D eigenvalue weighted by Crippen LogP contribution is 2.34. The molecule has 1 fully saturated rings. The number of thiophene rings is 1. The average Bonchev–Trinajstić information content (AvgIpc) is 2.76. The zero-order valence-electron chi connectivity index (χ0n) is 8.97. The molecule has 1 aliphatic heterocycles. The quantitative estimate of drug-likeness (QED) is 0.606. The van der Waals surface area contributed by atoms with E-state index in [1.165, 1.54) is 11.8 Å². The van der Waals surface area contributed by atoms with Crippen molar-refractivity contribution in [3.8, 4) is 0 Å². The van der Waals surface area contributed by atoms with E-state index in [-0.39, 0.29) is 11.9 Å². The monoisotopic (exact) mass is 269 g/mol. The molecule has 0 bridgehead atoms. The summed E-state index contributed by atoms with van der Waals surface area (Å²) in [6.07, 6.45) is 1.91. The Balaban J connectivity index is 2.27. The van der Waals surface area contributed by atoms with Gasteiger partial charge in [-0.15, -0.1) is 11.3 Å². The molecule has 0 unspecified atom stereocenters. The first-order chi connectivity index (χ1) is 7.59. The Labute approximate surface area is 108 Å². The molecule has 5 heteroatoms. The lowest BCUT2D eigenvalue weighted by Gasteiger charge is -2.18. The number of hydrogen-bond acceptors (Lipinski definition) is 4. The predicted molar refractivity (Wildman–Crippen MR) is 74.5 cm³/mol. The fourth-order valence-corrected chi connectivity index (χ4v) is 3.67. The summed E-state index contributed by atoms with van der Waals surface area (Å²) in [4.78, 5) is 15.5. The Morgan fingerprint density at radius 3 is 2.75 bits per heavy atom. The van der Waals surface area contributed by atoms with Gasteiger partial charge >= 0.3 is 0 Å². The van der Waals surface area contributed by atoms with Gasteiger partial charge in [-0.25, -0.2) is 0 Å². The molecule has 1 aromatic rings. The minimum atomic E-state index is 0.0263. The average molecular weight is 269 g/mol. The summed E-state index contributed by atoms with van der Waals surface area (Å²) < 4.78 is 0.655. The van der Waals surface area contributed by atoms with Gasteiger partial charge in [0.05, 0.1) is 4.91 Å². The fraction of sp³-hybridized carbons (Fsp3) is 0.273. The van der Waals surface area contributed by atoms with E-state index < -0.39 is 0 Å². The smallest absolute Gasteiger partial charge is 0.266 e. The van der Waals surface area contributed by atoms with E-state index in [1.807, 2.05) is 37.4 Å². The molecule has 1 aliphatic rings. The summed E-state index contributed by atoms with van der Waals surface area (Å²) in [5, 5.41) is 2.00. The Bertz CT molecular complexity index is 448. The van der Waals surface area contributed by atoms with Crippen molar-refractivity contribution in [2.24, 2.45) is 0 Å². The molecular formula is C11H11NOS3. The molecule has 1 amide bonds. The Morgan fingerprint density at radius 1 is 1.50 bits per heavy atom. The van der Waals surface area contributed by atoms with E-state index in [0.29, 0.717) is 4.32 Å². The summed E-state index contributed by atoms with van der Waals surface area (Å²) in [5.41, 5.74) is 0. The first kappa shape index (κ1) is 11.8. The number of carbonyl (C=O) groups is 1. The van der Waals surface area contributed by atoms with Gasteiger partial charge in [0, 0.05) is 10.9 Å². The fourth-order valence-electron chi connectivity index (χ4n) is 1.43. The molecule has 2 nitrogen and oxygen atoms in total. The zero-order chi connectivity index (χ0) is 11.7. The van der Waals surface area contributed by atoms with Crippen LogP contribution in [0.5, 0.6) is 0 Å². The normalized spacial score (nSPS) is 19.2. The van der Waals surface area contributed by atoms with Crippen LogP contribution in [0.4, 0.5) is 0 Å². The maximum absolute atomic E-state index is 12.0. The third-order valence-electron chi connectivity index (χ3n) is 2.16. The number of thioether (sulfide) groups is 1. The standard InChI is InChI=1S/C11H11NOS3/c1-7(2)12-10(13)9(16-11(12)14)6-8-4-3-5-15-8/h3-7H,1-2H3/b9-6+. The minimum Gasteiger partial charge on any atom is -0.290 e. The molecule has 1 aromatic heterocycles. The molecule has 1 saturated heterocycles. The molecule has 16 heavy (non-hydrogen) atoms. The highest BCUT2D eigenvalue weighted by atomic mass is 32.2. The number of carbonyl (C=O) groups excluding carboxylic acids is 1. The lowest BCUT2D eigenvalue weighted by Crippen LogP contribution is -2.34. The third kappa shape index (κ3) is 2.21. The van der Waals surface area contributed by atoms with Crippen molar-refractivity contribution >= 4 is 51.6 Å². The Kier molecular flexibility index (Phi) is 3.47. The molecular weight excluding hydrogens is 258 g/mol. The van der Waals surface area contributed by atoms with Crippen molar-refractivity contribution in [2.75, 3.05) is 0 Å². The molecule has 0 radical (unpaired) electrons. The van der Waals surface area contributed by atoms with Crippen LogP contribution in [0.1, 0.15) is 18.7 Å². The molecule has 84 valence electrons. The molecule has 0 atom stereocenters. The summed E-state index contributed by atoms with van der Waals surface area (Å²) in [6.45, 7) is 3.94. The van der Waals surface area contributed by atoms with Gasteiger partial charge in [-0.05, 0) is 31.4 Å². The van der Waals surface area contributed by atoms with Crippen LogP contribution < -0.4 is 0 Å². The summed E-state index contributed by atoms with van der Waals surface area (Å²) >= 11 is 8.20. The first-order valence-electron chi connectivity index (χ1n) is 4.90. The van der Waals surface area contributed by atoms with E-state index in [4.69, 9.17) is 12.2 Å². The molecule has 0 aliphatic carbocycles. The van der Waals surface area contributed by atoms with Crippen molar-refractivity contribution in [1.29, 1.82) is 0 Å². The van der Waals surface area contributed by atoms with Gasteiger partial charge in [0.1, 0.15) is 4.32 Å². The van der Waals surface area contributed by atoms with Gasteiger partial charge in [-0.1, -0.05) is 30.0 Å². The second kappa shape index (κ2) is 4.69. The SMILES string of the molecule is CC(C)N1C(=O)/C(=C\c2cccs2)SC1=S. The lowest BCUT2D eigenvalue weighted by molar-refractivity contribution is -0.123. The van der Waals surface area contributed by atoms with E-state index in [1.54, 1.807) is 16.2 Å². The summed E-state index contributed by atoms with van der Waals surface area (Å²) in [7, 11) is 0. The van der Waals surface area contributed by atoms with Crippen LogP contribution in [0.25, 0.3) is 6.08 Å². The van der Waals surface area contributed by atoms with Crippen LogP contribution in [-0.2, 0) is 4.79 Å². The molecule has 0 N–H and O–H groups in total. The second-order valence-electron chi connectivity index (χ2n) is 3.66. The van der Waals surface area contributed by atoms with Gasteiger partial charge in [0.15, 0.2) is 0 Å². The largest absolute Gasteiger partial charge is 0.290 e. The van der Waals surface area contributed by atoms with E-state index in [2.05, 4.69) is 0 Å². The van der Waals surface area contributed by atoms with Crippen LogP contribution in [-0.4, -0.2) is 21.2 Å². The van der Waals surface area contributed by atoms with Gasteiger partial charge in [0.25, 0.3) is 5.91 Å². The molecule has 2 heterocycles. The van der Waals surface area contributed by atoms with Crippen molar-refractivity contribution in [3.63, 3.8) is 0 Å². The summed E-state index contributed by atoms with van der Waals surface area (Å²) in [5.74, 6) is 0.0263. The van der Waals surface area contributed by atoms with Crippen LogP contribution in [0.15, 0.2) is 22.4 Å². The van der Waals surface area contributed by atoms with E-state index >= 15 is 0 Å². The van der Waals surface area contributed by atoms with Crippen LogP contribution in [0.2, 0.25) is 0 Å². The lowest BCUT2D eigenvalue weighted by atomic mass is 10.3. The van der Waals surface area contributed by atoms with Gasteiger partial charge in [0.2, 0.25) is 0 Å². The zero-order valence-corrected chi connectivity index (χ0v) is 11.4. The third-order valence-corrected chi connectivity index (χ3v) is 4.31. The van der Waals surface area contributed by atoms with Crippen LogP contribution in [0.3, 0.4) is 0 Å². The number of nitrogens with zero attached hydrogens (tertiary/aromatic N) is 1. The van der Waals surface area contributed by atoms with Gasteiger partial charge in [-0.2, -0.15) is 0 Å². The Morgan fingerprint density at radius 2 is 2.25 bits per heavy atom. The molecule has 0 spiro atoms. The number of hydrogen-bond donors (Lipinski definition) is 0. The van der Waals surface area contributed by atoms with Gasteiger partial charge < -0.3 is 0 Å². The highest BCUT2D eigenvalue weighted by molar-refractivity contribution is 8.26.